The highest BCUT2D eigenvalue weighted by molar-refractivity contribution is 7.13. The van der Waals surface area contributed by atoms with Gasteiger partial charge in [0.05, 0.1) is 11.4 Å². The van der Waals surface area contributed by atoms with E-state index in [9.17, 15) is 4.79 Å². The normalized spacial score (nSPS) is 10.6. The Morgan fingerprint density at radius 1 is 1.12 bits per heavy atom. The lowest BCUT2D eigenvalue weighted by atomic mass is 10.1. The summed E-state index contributed by atoms with van der Waals surface area (Å²) in [6, 6.07) is 9.75. The molecule has 3 aromatic heterocycles. The molecule has 0 fully saturated rings. The van der Waals surface area contributed by atoms with Crippen LogP contribution in [-0.2, 0) is 17.6 Å². The van der Waals surface area contributed by atoms with Crippen LogP contribution in [0, 0.1) is 0 Å². The zero-order valence-corrected chi connectivity index (χ0v) is 14.7. The van der Waals surface area contributed by atoms with Crippen molar-refractivity contribution in [3.8, 4) is 10.7 Å². The van der Waals surface area contributed by atoms with Gasteiger partial charge in [0.15, 0.2) is 0 Å². The van der Waals surface area contributed by atoms with Crippen molar-refractivity contribution in [1.29, 1.82) is 0 Å². The van der Waals surface area contributed by atoms with Gasteiger partial charge in [-0.2, -0.15) is 0 Å². The van der Waals surface area contributed by atoms with E-state index in [4.69, 9.17) is 0 Å². The number of nitrogens with zero attached hydrogens (tertiary/aromatic N) is 3. The van der Waals surface area contributed by atoms with Gasteiger partial charge in [0, 0.05) is 43.4 Å². The molecule has 0 aromatic carbocycles. The molecule has 0 aliphatic heterocycles. The van der Waals surface area contributed by atoms with Gasteiger partial charge in [-0.25, -0.2) is 4.98 Å². The van der Waals surface area contributed by atoms with Crippen molar-refractivity contribution < 1.29 is 4.79 Å². The van der Waals surface area contributed by atoms with Crippen LogP contribution in [-0.4, -0.2) is 27.4 Å². The minimum Gasteiger partial charge on any atom is -0.356 e. The van der Waals surface area contributed by atoms with Crippen molar-refractivity contribution >= 4 is 17.2 Å². The lowest BCUT2D eigenvalue weighted by Crippen LogP contribution is -2.25. The molecule has 6 heteroatoms. The minimum absolute atomic E-state index is 0.0871. The van der Waals surface area contributed by atoms with Crippen molar-refractivity contribution in [2.24, 2.45) is 0 Å². The van der Waals surface area contributed by atoms with Gasteiger partial charge >= 0.3 is 0 Å². The molecule has 0 unspecified atom stereocenters. The van der Waals surface area contributed by atoms with E-state index in [0.717, 1.165) is 35.7 Å². The summed E-state index contributed by atoms with van der Waals surface area (Å²) in [5, 5.41) is 5.90. The van der Waals surface area contributed by atoms with Crippen LogP contribution in [0.25, 0.3) is 10.7 Å². The first-order valence-electron chi connectivity index (χ1n) is 8.32. The quantitative estimate of drug-likeness (QED) is 0.675. The number of carbonyl (C=O) groups excluding carboxylic acids is 1. The highest BCUT2D eigenvalue weighted by atomic mass is 32.1. The topological polar surface area (TPSA) is 67.8 Å². The summed E-state index contributed by atoms with van der Waals surface area (Å²) in [7, 11) is 0. The number of aromatic nitrogens is 3. The second-order valence-corrected chi connectivity index (χ2v) is 6.53. The van der Waals surface area contributed by atoms with Crippen LogP contribution in [0.3, 0.4) is 0 Å². The SMILES string of the molecule is O=C(CCCc1cccnc1)NCCc1csc(-c2ccccn2)n1. The molecule has 3 rings (SSSR count). The Bertz CT molecular complexity index is 789. The number of amides is 1. The molecule has 5 nitrogen and oxygen atoms in total. The Balaban J connectivity index is 1.36. The lowest BCUT2D eigenvalue weighted by Gasteiger charge is -2.04. The van der Waals surface area contributed by atoms with Gasteiger partial charge in [-0.15, -0.1) is 11.3 Å². The first kappa shape index (κ1) is 17.2. The molecule has 0 spiro atoms. The molecule has 0 aliphatic rings. The van der Waals surface area contributed by atoms with E-state index in [1.165, 1.54) is 5.56 Å². The largest absolute Gasteiger partial charge is 0.356 e. The maximum Gasteiger partial charge on any atom is 0.220 e. The van der Waals surface area contributed by atoms with Gasteiger partial charge in [0.1, 0.15) is 5.01 Å². The maximum atomic E-state index is 11.9. The maximum absolute atomic E-state index is 11.9. The van der Waals surface area contributed by atoms with Crippen LogP contribution < -0.4 is 5.32 Å². The fourth-order valence-electron chi connectivity index (χ4n) is 2.45. The van der Waals surface area contributed by atoms with Crippen molar-refractivity contribution in [3.63, 3.8) is 0 Å². The number of pyridine rings is 2. The zero-order valence-electron chi connectivity index (χ0n) is 13.9. The third-order valence-corrected chi connectivity index (χ3v) is 4.64. The van der Waals surface area contributed by atoms with E-state index in [1.807, 2.05) is 41.9 Å². The van der Waals surface area contributed by atoms with Gasteiger partial charge in [-0.1, -0.05) is 12.1 Å². The number of thiazole rings is 1. The third kappa shape index (κ3) is 5.46. The van der Waals surface area contributed by atoms with Crippen LogP contribution in [0.5, 0.6) is 0 Å². The van der Waals surface area contributed by atoms with Crippen molar-refractivity contribution in [3.05, 3.63) is 65.6 Å². The number of nitrogens with one attached hydrogen (secondary N) is 1. The van der Waals surface area contributed by atoms with Crippen LogP contribution in [0.1, 0.15) is 24.1 Å². The monoisotopic (exact) mass is 352 g/mol. The van der Waals surface area contributed by atoms with E-state index >= 15 is 0 Å². The average molecular weight is 352 g/mol. The van der Waals surface area contributed by atoms with E-state index in [2.05, 4.69) is 20.3 Å². The number of aryl methyl sites for hydroxylation is 1. The molecule has 1 N–H and O–H groups in total. The summed E-state index contributed by atoms with van der Waals surface area (Å²) in [6.07, 6.45) is 8.34. The van der Waals surface area contributed by atoms with Crippen LogP contribution >= 0.6 is 11.3 Å². The summed E-state index contributed by atoms with van der Waals surface area (Å²) in [5.74, 6) is 0.0871. The highest BCUT2D eigenvalue weighted by Crippen LogP contribution is 2.21. The van der Waals surface area contributed by atoms with Gasteiger partial charge in [-0.05, 0) is 36.6 Å². The molecular weight excluding hydrogens is 332 g/mol. The third-order valence-electron chi connectivity index (χ3n) is 3.73. The standard InChI is InChI=1S/C19H20N4OS/c24-18(8-3-5-15-6-4-10-20-13-15)22-12-9-16-14-25-19(23-16)17-7-1-2-11-21-17/h1-2,4,6-7,10-11,13-14H,3,5,8-9,12H2,(H,22,24). The van der Waals surface area contributed by atoms with Crippen LogP contribution in [0.2, 0.25) is 0 Å². The smallest absolute Gasteiger partial charge is 0.220 e. The van der Waals surface area contributed by atoms with Crippen molar-refractivity contribution in [1.82, 2.24) is 20.3 Å². The van der Waals surface area contributed by atoms with E-state index in [0.29, 0.717) is 13.0 Å². The van der Waals surface area contributed by atoms with E-state index < -0.39 is 0 Å². The average Bonchev–Trinajstić information content (AvgIpc) is 3.12. The van der Waals surface area contributed by atoms with Crippen LogP contribution in [0.4, 0.5) is 0 Å². The van der Waals surface area contributed by atoms with Crippen LogP contribution in [0.15, 0.2) is 54.3 Å². The molecule has 0 aliphatic carbocycles. The Morgan fingerprint density at radius 3 is 2.88 bits per heavy atom. The van der Waals surface area contributed by atoms with Gasteiger partial charge in [0.2, 0.25) is 5.91 Å². The molecular formula is C19H20N4OS. The molecule has 0 saturated carbocycles. The molecule has 0 radical (unpaired) electrons. The molecule has 128 valence electrons. The Labute approximate surface area is 151 Å². The first-order valence-corrected chi connectivity index (χ1v) is 9.20. The number of hydrogen-bond donors (Lipinski definition) is 1. The predicted octanol–water partition coefficient (Wildman–Crippen LogP) is 3.28. The highest BCUT2D eigenvalue weighted by Gasteiger charge is 2.06. The van der Waals surface area contributed by atoms with E-state index in [-0.39, 0.29) is 5.91 Å². The second-order valence-electron chi connectivity index (χ2n) is 5.67. The molecule has 1 amide bonds. The Morgan fingerprint density at radius 2 is 2.08 bits per heavy atom. The van der Waals surface area contributed by atoms with Gasteiger partial charge < -0.3 is 5.32 Å². The summed E-state index contributed by atoms with van der Waals surface area (Å²) < 4.78 is 0. The molecule has 3 aromatic rings. The van der Waals surface area contributed by atoms with Gasteiger partial charge in [0.25, 0.3) is 0 Å². The predicted molar refractivity (Wildman–Crippen MR) is 99.2 cm³/mol. The number of hydrogen-bond acceptors (Lipinski definition) is 5. The first-order chi connectivity index (χ1) is 12.3. The minimum atomic E-state index is 0.0871. The lowest BCUT2D eigenvalue weighted by molar-refractivity contribution is -0.121. The summed E-state index contributed by atoms with van der Waals surface area (Å²) in [4.78, 5) is 24.9. The number of carbonyl (C=O) groups is 1. The fraction of sp³-hybridized carbons (Fsp3) is 0.263. The van der Waals surface area contributed by atoms with Crippen molar-refractivity contribution in [2.45, 2.75) is 25.7 Å². The molecule has 3 heterocycles. The molecule has 0 atom stereocenters. The second kappa shape index (κ2) is 9.03. The molecule has 0 saturated heterocycles. The summed E-state index contributed by atoms with van der Waals surface area (Å²) in [5.41, 5.74) is 3.04. The van der Waals surface area contributed by atoms with E-state index in [1.54, 1.807) is 23.7 Å². The Hall–Kier alpha value is -2.60. The summed E-state index contributed by atoms with van der Waals surface area (Å²) in [6.45, 7) is 0.608. The molecule has 25 heavy (non-hydrogen) atoms. The zero-order chi connectivity index (χ0) is 17.3. The Kier molecular flexibility index (Phi) is 6.23. The van der Waals surface area contributed by atoms with Crippen molar-refractivity contribution in [2.75, 3.05) is 6.54 Å². The summed E-state index contributed by atoms with van der Waals surface area (Å²) >= 11 is 1.58. The number of rotatable bonds is 8. The molecule has 0 bridgehead atoms. The fourth-order valence-corrected chi connectivity index (χ4v) is 3.28. The van der Waals surface area contributed by atoms with Gasteiger partial charge in [-0.3, -0.25) is 14.8 Å².